The van der Waals surface area contributed by atoms with E-state index < -0.39 is 0 Å². The van der Waals surface area contributed by atoms with Gasteiger partial charge in [0.05, 0.1) is 0 Å². The zero-order valence-electron chi connectivity index (χ0n) is 6.42. The number of halogens is 1. The van der Waals surface area contributed by atoms with Crippen LogP contribution in [0.4, 0.5) is 0 Å². The summed E-state index contributed by atoms with van der Waals surface area (Å²) in [5.41, 5.74) is 0. The first-order valence-corrected chi connectivity index (χ1v) is 4.05. The maximum absolute atomic E-state index is 5.76. The van der Waals surface area contributed by atoms with Crippen molar-refractivity contribution in [1.82, 2.24) is 0 Å². The summed E-state index contributed by atoms with van der Waals surface area (Å²) >= 11 is 5.76. The minimum absolute atomic E-state index is 0.126. The first-order chi connectivity index (χ1) is 5.75. The summed E-state index contributed by atoms with van der Waals surface area (Å²) < 4.78 is 10.7. The lowest BCUT2D eigenvalue weighted by molar-refractivity contribution is 0.121. The summed E-state index contributed by atoms with van der Waals surface area (Å²) in [6.07, 6.45) is -0.126. The standard InChI is InChI=1S/C9H8ClO2/c1-6-5-11-9-4-7(10)2-3-8(9)12-6/h2-4,6H,1,5H2/t6-/m0/s1. The molecule has 1 radical (unpaired) electrons. The van der Waals surface area contributed by atoms with Gasteiger partial charge in [-0.1, -0.05) is 11.6 Å². The molecular formula is C9H8ClO2. The molecule has 1 aliphatic rings. The van der Waals surface area contributed by atoms with Crippen molar-refractivity contribution in [1.29, 1.82) is 0 Å². The number of hydrogen-bond acceptors (Lipinski definition) is 2. The van der Waals surface area contributed by atoms with E-state index in [0.717, 1.165) is 0 Å². The van der Waals surface area contributed by atoms with Crippen LogP contribution in [0.2, 0.25) is 5.02 Å². The normalized spacial score (nSPS) is 20.7. The Labute approximate surface area is 76.1 Å². The molecule has 1 aromatic rings. The lowest BCUT2D eigenvalue weighted by atomic mass is 10.3. The molecule has 0 amide bonds. The van der Waals surface area contributed by atoms with E-state index in [1.54, 1.807) is 18.2 Å². The van der Waals surface area contributed by atoms with Gasteiger partial charge in [-0.3, -0.25) is 0 Å². The molecule has 2 nitrogen and oxygen atoms in total. The molecule has 63 valence electrons. The van der Waals surface area contributed by atoms with Crippen LogP contribution in [0.5, 0.6) is 11.5 Å². The third kappa shape index (κ3) is 1.34. The summed E-state index contributed by atoms with van der Waals surface area (Å²) in [6.45, 7) is 4.22. The fourth-order valence-electron chi connectivity index (χ4n) is 1.09. The zero-order chi connectivity index (χ0) is 8.55. The molecule has 1 aromatic carbocycles. The Balaban J connectivity index is 2.37. The minimum Gasteiger partial charge on any atom is -0.486 e. The summed E-state index contributed by atoms with van der Waals surface area (Å²) in [5.74, 6) is 1.41. The molecule has 1 atom stereocenters. The van der Waals surface area contributed by atoms with Gasteiger partial charge in [-0.15, -0.1) is 0 Å². The van der Waals surface area contributed by atoms with E-state index in [1.165, 1.54) is 0 Å². The summed E-state index contributed by atoms with van der Waals surface area (Å²) in [7, 11) is 0. The van der Waals surface area contributed by atoms with Crippen LogP contribution in [0.15, 0.2) is 18.2 Å². The van der Waals surface area contributed by atoms with Gasteiger partial charge in [-0.25, -0.2) is 0 Å². The van der Waals surface area contributed by atoms with Gasteiger partial charge in [-0.2, -0.15) is 0 Å². The Morgan fingerprint density at radius 3 is 3.08 bits per heavy atom. The van der Waals surface area contributed by atoms with Crippen molar-refractivity contribution in [3.05, 3.63) is 30.1 Å². The molecule has 1 aliphatic heterocycles. The summed E-state index contributed by atoms with van der Waals surface area (Å²) in [6, 6.07) is 5.29. The van der Waals surface area contributed by atoms with E-state index in [9.17, 15) is 0 Å². The van der Waals surface area contributed by atoms with Crippen LogP contribution in [0.1, 0.15) is 0 Å². The van der Waals surface area contributed by atoms with Gasteiger partial charge in [0.15, 0.2) is 11.5 Å². The molecule has 0 bridgehead atoms. The van der Waals surface area contributed by atoms with Gasteiger partial charge < -0.3 is 9.47 Å². The highest BCUT2D eigenvalue weighted by molar-refractivity contribution is 6.30. The van der Waals surface area contributed by atoms with Crippen LogP contribution >= 0.6 is 11.6 Å². The average Bonchev–Trinajstić information content (AvgIpc) is 2.05. The third-order valence-electron chi connectivity index (χ3n) is 1.62. The van der Waals surface area contributed by atoms with Crippen molar-refractivity contribution < 1.29 is 9.47 Å². The van der Waals surface area contributed by atoms with Crippen LogP contribution in [-0.2, 0) is 0 Å². The largest absolute Gasteiger partial charge is 0.486 e. The van der Waals surface area contributed by atoms with Gasteiger partial charge in [-0.05, 0) is 19.1 Å². The second-order valence-electron chi connectivity index (χ2n) is 2.64. The number of benzene rings is 1. The highest BCUT2D eigenvalue weighted by Gasteiger charge is 2.16. The first kappa shape index (κ1) is 7.74. The van der Waals surface area contributed by atoms with Gasteiger partial charge in [0.2, 0.25) is 0 Å². The SMILES string of the molecule is [CH2][C@H]1COc2cc(Cl)ccc2O1. The number of hydrogen-bond donors (Lipinski definition) is 0. The molecular weight excluding hydrogens is 176 g/mol. The Morgan fingerprint density at radius 2 is 2.25 bits per heavy atom. The van der Waals surface area contributed by atoms with Crippen LogP contribution in [-0.4, -0.2) is 12.7 Å². The van der Waals surface area contributed by atoms with Crippen molar-refractivity contribution in [3.63, 3.8) is 0 Å². The maximum atomic E-state index is 5.76. The van der Waals surface area contributed by atoms with Gasteiger partial charge in [0.1, 0.15) is 12.7 Å². The van der Waals surface area contributed by atoms with Crippen LogP contribution in [0.25, 0.3) is 0 Å². The fraction of sp³-hybridized carbons (Fsp3) is 0.222. The van der Waals surface area contributed by atoms with E-state index in [2.05, 4.69) is 6.92 Å². The highest BCUT2D eigenvalue weighted by atomic mass is 35.5. The number of fused-ring (bicyclic) bond motifs is 1. The van der Waals surface area contributed by atoms with Crippen LogP contribution in [0, 0.1) is 6.92 Å². The average molecular weight is 184 g/mol. The van der Waals surface area contributed by atoms with E-state index in [1.807, 2.05) is 0 Å². The zero-order valence-corrected chi connectivity index (χ0v) is 7.17. The van der Waals surface area contributed by atoms with E-state index in [4.69, 9.17) is 21.1 Å². The molecule has 0 saturated heterocycles. The molecule has 0 unspecified atom stereocenters. The Bertz CT molecular complexity index is 299. The van der Waals surface area contributed by atoms with Crippen LogP contribution < -0.4 is 9.47 Å². The molecule has 1 heterocycles. The monoisotopic (exact) mass is 183 g/mol. The fourth-order valence-corrected chi connectivity index (χ4v) is 1.25. The van der Waals surface area contributed by atoms with E-state index in [0.29, 0.717) is 23.1 Å². The Hall–Kier alpha value is -0.890. The van der Waals surface area contributed by atoms with Gasteiger partial charge in [0, 0.05) is 11.1 Å². The molecule has 0 saturated carbocycles. The number of rotatable bonds is 0. The smallest absolute Gasteiger partial charge is 0.162 e. The second-order valence-corrected chi connectivity index (χ2v) is 3.08. The highest BCUT2D eigenvalue weighted by Crippen LogP contribution is 2.33. The first-order valence-electron chi connectivity index (χ1n) is 3.68. The molecule has 0 fully saturated rings. The summed E-state index contributed by atoms with van der Waals surface area (Å²) in [4.78, 5) is 0. The maximum Gasteiger partial charge on any atom is 0.162 e. The van der Waals surface area contributed by atoms with Gasteiger partial charge >= 0.3 is 0 Å². The van der Waals surface area contributed by atoms with Gasteiger partial charge in [0.25, 0.3) is 0 Å². The molecule has 12 heavy (non-hydrogen) atoms. The van der Waals surface area contributed by atoms with E-state index >= 15 is 0 Å². The lowest BCUT2D eigenvalue weighted by Crippen LogP contribution is -2.25. The van der Waals surface area contributed by atoms with Crippen LogP contribution in [0.3, 0.4) is 0 Å². The van der Waals surface area contributed by atoms with Crippen molar-refractivity contribution >= 4 is 11.6 Å². The topological polar surface area (TPSA) is 18.5 Å². The van der Waals surface area contributed by atoms with Crippen molar-refractivity contribution in [2.24, 2.45) is 0 Å². The number of ether oxygens (including phenoxy) is 2. The Kier molecular flexibility index (Phi) is 1.85. The molecule has 3 heteroatoms. The summed E-state index contributed by atoms with van der Waals surface area (Å²) in [5, 5.41) is 0.653. The predicted molar refractivity (Wildman–Crippen MR) is 46.7 cm³/mol. The minimum atomic E-state index is -0.126. The molecule has 0 spiro atoms. The quantitative estimate of drug-likeness (QED) is 0.615. The second kappa shape index (κ2) is 2.87. The predicted octanol–water partition coefficient (Wildman–Crippen LogP) is 2.31. The van der Waals surface area contributed by atoms with E-state index in [-0.39, 0.29) is 6.10 Å². The van der Waals surface area contributed by atoms with Crippen molar-refractivity contribution in [2.45, 2.75) is 6.10 Å². The molecule has 0 N–H and O–H groups in total. The Morgan fingerprint density at radius 1 is 1.42 bits per heavy atom. The molecule has 2 rings (SSSR count). The van der Waals surface area contributed by atoms with Crippen molar-refractivity contribution in [2.75, 3.05) is 6.61 Å². The molecule has 0 aliphatic carbocycles. The molecule has 0 aromatic heterocycles. The van der Waals surface area contributed by atoms with Crippen molar-refractivity contribution in [3.8, 4) is 11.5 Å². The lowest BCUT2D eigenvalue weighted by Gasteiger charge is -2.23. The third-order valence-corrected chi connectivity index (χ3v) is 1.86.